The molecule has 1 saturated carbocycles. The molecule has 4 aliphatic rings. The van der Waals surface area contributed by atoms with Gasteiger partial charge in [0.25, 0.3) is 11.8 Å². The van der Waals surface area contributed by atoms with Crippen LogP contribution in [0.25, 0.3) is 0 Å². The number of rotatable bonds is 4. The molecule has 158 valence electrons. The van der Waals surface area contributed by atoms with E-state index in [9.17, 15) is 19.2 Å². The van der Waals surface area contributed by atoms with Gasteiger partial charge in [0.05, 0.1) is 11.1 Å². The molecule has 1 aliphatic carbocycles. The number of carbonyl (C=O) groups excluding carboxylic acids is 4. The normalized spacial score (nSPS) is 31.0. The summed E-state index contributed by atoms with van der Waals surface area (Å²) in [6.07, 6.45) is 3.98. The second-order valence-corrected chi connectivity index (χ2v) is 8.83. The van der Waals surface area contributed by atoms with Crippen molar-refractivity contribution >= 4 is 23.6 Å². The Labute approximate surface area is 174 Å². The summed E-state index contributed by atoms with van der Waals surface area (Å²) in [7, 11) is 0. The number of carbonyl (C=O) groups is 4. The lowest BCUT2D eigenvalue weighted by Crippen LogP contribution is -2.54. The minimum absolute atomic E-state index is 0.122. The Hall–Kier alpha value is -2.58. The second kappa shape index (κ2) is 7.59. The Balaban J connectivity index is 1.30. The lowest BCUT2D eigenvalue weighted by molar-refractivity contribution is -0.136. The van der Waals surface area contributed by atoms with Gasteiger partial charge < -0.3 is 10.6 Å². The Bertz CT molecular complexity index is 930. The molecule has 2 saturated heterocycles. The average Bonchev–Trinajstić information content (AvgIpc) is 3.31. The van der Waals surface area contributed by atoms with E-state index in [0.717, 1.165) is 35.9 Å². The summed E-state index contributed by atoms with van der Waals surface area (Å²) in [4.78, 5) is 50.3. The highest BCUT2D eigenvalue weighted by molar-refractivity contribution is 6.23. The van der Waals surface area contributed by atoms with Crippen molar-refractivity contribution in [3.05, 3.63) is 34.9 Å². The van der Waals surface area contributed by atoms with Crippen LogP contribution >= 0.6 is 0 Å². The lowest BCUT2D eigenvalue weighted by atomic mass is 9.78. The van der Waals surface area contributed by atoms with Gasteiger partial charge in [-0.25, -0.2) is 0 Å². The van der Waals surface area contributed by atoms with Crippen LogP contribution in [-0.2, 0) is 16.1 Å². The van der Waals surface area contributed by atoms with Gasteiger partial charge in [-0.1, -0.05) is 12.5 Å². The number of fused-ring (bicyclic) bond motifs is 2. The third-order valence-electron chi connectivity index (χ3n) is 7.07. The summed E-state index contributed by atoms with van der Waals surface area (Å²) < 4.78 is 0. The molecule has 0 aromatic heterocycles. The average molecular weight is 410 g/mol. The zero-order valence-corrected chi connectivity index (χ0v) is 16.8. The molecule has 0 bridgehead atoms. The van der Waals surface area contributed by atoms with Gasteiger partial charge in [-0.2, -0.15) is 0 Å². The maximum Gasteiger partial charge on any atom is 0.262 e. The maximum absolute atomic E-state index is 13.0. The van der Waals surface area contributed by atoms with Gasteiger partial charge >= 0.3 is 0 Å². The van der Waals surface area contributed by atoms with E-state index in [0.29, 0.717) is 29.6 Å². The third kappa shape index (κ3) is 3.24. The van der Waals surface area contributed by atoms with E-state index in [-0.39, 0.29) is 18.7 Å². The number of hydrogen-bond acceptors (Lipinski definition) is 6. The van der Waals surface area contributed by atoms with Gasteiger partial charge in [0.1, 0.15) is 6.04 Å². The molecular weight excluding hydrogens is 384 g/mol. The zero-order chi connectivity index (χ0) is 20.8. The summed E-state index contributed by atoms with van der Waals surface area (Å²) in [5.74, 6) is -0.472. The molecule has 30 heavy (non-hydrogen) atoms. The van der Waals surface area contributed by atoms with Crippen molar-refractivity contribution in [1.29, 1.82) is 0 Å². The fourth-order valence-corrected chi connectivity index (χ4v) is 5.48. The highest BCUT2D eigenvalue weighted by atomic mass is 16.2. The largest absolute Gasteiger partial charge is 0.316 e. The van der Waals surface area contributed by atoms with Crippen molar-refractivity contribution < 1.29 is 19.2 Å². The smallest absolute Gasteiger partial charge is 0.262 e. The number of piperidine rings is 1. The Morgan fingerprint density at radius 2 is 1.83 bits per heavy atom. The monoisotopic (exact) mass is 410 g/mol. The van der Waals surface area contributed by atoms with Crippen LogP contribution in [0.15, 0.2) is 18.2 Å². The standard InChI is InChI=1S/C22H26N4O4/c27-19-7-6-18(20(28)25-19)26-21(29)14-5-4-12(8-15(14)22(26)30)9-24-17-3-1-2-13-10-23-11-16(13)17/h4-5,8,13,16-18,23-24H,1-3,6-7,9-11H2,(H,25,27,28). The minimum Gasteiger partial charge on any atom is -0.316 e. The SMILES string of the molecule is O=C1CCC(N2C(=O)c3ccc(CNC4CCCC5CNCC54)cc3C2=O)C(=O)N1. The van der Waals surface area contributed by atoms with E-state index in [4.69, 9.17) is 0 Å². The molecule has 0 spiro atoms. The number of benzene rings is 1. The van der Waals surface area contributed by atoms with Gasteiger partial charge in [0, 0.05) is 19.0 Å². The molecule has 3 heterocycles. The maximum atomic E-state index is 13.0. The number of amides is 4. The van der Waals surface area contributed by atoms with Crippen molar-refractivity contribution in [2.75, 3.05) is 13.1 Å². The molecule has 1 aromatic carbocycles. The molecule has 8 heteroatoms. The number of hydrogen-bond donors (Lipinski definition) is 3. The van der Waals surface area contributed by atoms with Crippen LogP contribution in [0.1, 0.15) is 58.4 Å². The minimum atomic E-state index is -0.925. The summed E-state index contributed by atoms with van der Waals surface area (Å²) in [6, 6.07) is 4.86. The van der Waals surface area contributed by atoms with Crippen LogP contribution in [0.3, 0.4) is 0 Å². The van der Waals surface area contributed by atoms with Crippen molar-refractivity contribution in [1.82, 2.24) is 20.9 Å². The zero-order valence-electron chi connectivity index (χ0n) is 16.8. The van der Waals surface area contributed by atoms with E-state index < -0.39 is 23.8 Å². The fourth-order valence-electron chi connectivity index (χ4n) is 5.48. The highest BCUT2D eigenvalue weighted by Gasteiger charge is 2.44. The molecule has 3 fully saturated rings. The predicted octanol–water partition coefficient (Wildman–Crippen LogP) is 0.566. The Morgan fingerprint density at radius 3 is 2.67 bits per heavy atom. The molecule has 3 aliphatic heterocycles. The molecule has 1 aromatic rings. The van der Waals surface area contributed by atoms with Gasteiger partial charge in [0.15, 0.2) is 0 Å². The van der Waals surface area contributed by atoms with Gasteiger partial charge in [0.2, 0.25) is 11.8 Å². The number of imide groups is 2. The van der Waals surface area contributed by atoms with Crippen LogP contribution in [-0.4, -0.2) is 53.7 Å². The molecule has 0 radical (unpaired) electrons. The molecule has 4 amide bonds. The molecule has 4 unspecified atom stereocenters. The summed E-state index contributed by atoms with van der Waals surface area (Å²) >= 11 is 0. The first kappa shape index (κ1) is 19.4. The fraction of sp³-hybridized carbons (Fsp3) is 0.545. The van der Waals surface area contributed by atoms with Crippen molar-refractivity contribution in [3.63, 3.8) is 0 Å². The van der Waals surface area contributed by atoms with Crippen molar-refractivity contribution in [2.24, 2.45) is 11.8 Å². The first-order valence-corrected chi connectivity index (χ1v) is 10.8. The molecule has 4 atom stereocenters. The number of nitrogens with zero attached hydrogens (tertiary/aromatic N) is 1. The first-order chi connectivity index (χ1) is 14.5. The first-order valence-electron chi connectivity index (χ1n) is 10.8. The third-order valence-corrected chi connectivity index (χ3v) is 7.07. The van der Waals surface area contributed by atoms with E-state index in [2.05, 4.69) is 16.0 Å². The van der Waals surface area contributed by atoms with Gasteiger partial charge in [-0.05, 0) is 61.9 Å². The Kier molecular flexibility index (Phi) is 4.91. The van der Waals surface area contributed by atoms with Crippen molar-refractivity contribution in [2.45, 2.75) is 50.7 Å². The molecule has 8 nitrogen and oxygen atoms in total. The topological polar surface area (TPSA) is 108 Å². The van der Waals surface area contributed by atoms with Crippen LogP contribution in [0, 0.1) is 11.8 Å². The van der Waals surface area contributed by atoms with Gasteiger partial charge in [-0.15, -0.1) is 0 Å². The molecular formula is C22H26N4O4. The van der Waals surface area contributed by atoms with Crippen LogP contribution in [0.4, 0.5) is 0 Å². The summed E-state index contributed by atoms with van der Waals surface area (Å²) in [6.45, 7) is 2.80. The van der Waals surface area contributed by atoms with E-state index in [1.807, 2.05) is 6.07 Å². The number of nitrogens with one attached hydrogen (secondary N) is 3. The molecule has 3 N–H and O–H groups in total. The van der Waals surface area contributed by atoms with Gasteiger partial charge in [-0.3, -0.25) is 29.4 Å². The highest BCUT2D eigenvalue weighted by Crippen LogP contribution is 2.33. The van der Waals surface area contributed by atoms with E-state index in [1.54, 1.807) is 12.1 Å². The second-order valence-electron chi connectivity index (χ2n) is 8.83. The van der Waals surface area contributed by atoms with E-state index in [1.165, 1.54) is 12.8 Å². The molecule has 5 rings (SSSR count). The predicted molar refractivity (Wildman–Crippen MR) is 107 cm³/mol. The summed E-state index contributed by atoms with van der Waals surface area (Å²) in [5, 5.41) is 9.38. The quantitative estimate of drug-likeness (QED) is 0.627. The van der Waals surface area contributed by atoms with Crippen LogP contribution in [0.5, 0.6) is 0 Å². The van der Waals surface area contributed by atoms with Crippen LogP contribution in [0.2, 0.25) is 0 Å². The van der Waals surface area contributed by atoms with Crippen molar-refractivity contribution in [3.8, 4) is 0 Å². The summed E-state index contributed by atoms with van der Waals surface area (Å²) in [5.41, 5.74) is 1.62. The lowest BCUT2D eigenvalue weighted by Gasteiger charge is -2.33. The Morgan fingerprint density at radius 1 is 1.00 bits per heavy atom. The van der Waals surface area contributed by atoms with E-state index >= 15 is 0 Å². The van der Waals surface area contributed by atoms with Crippen LogP contribution < -0.4 is 16.0 Å².